The van der Waals surface area contributed by atoms with E-state index in [0.29, 0.717) is 36.9 Å². The van der Waals surface area contributed by atoms with Crippen molar-refractivity contribution >= 4 is 0 Å². The maximum Gasteiger partial charge on any atom is 0.245 e. The van der Waals surface area contributed by atoms with Gasteiger partial charge in [-0.3, -0.25) is 4.98 Å². The van der Waals surface area contributed by atoms with E-state index in [1.54, 1.807) is 6.20 Å². The average molecular weight is 661 g/mol. The first-order valence-electron chi connectivity index (χ1n) is 16.6. The number of aliphatic hydroxyl groups excluding tert-OH is 1. The molecule has 252 valence electrons. The summed E-state index contributed by atoms with van der Waals surface area (Å²) in [5, 5.41) is 10.1. The summed E-state index contributed by atoms with van der Waals surface area (Å²) in [4.78, 5) is 9.39. The monoisotopic (exact) mass is 660 g/mol. The van der Waals surface area contributed by atoms with Gasteiger partial charge in [-0.25, -0.2) is 4.98 Å². The Labute approximate surface area is 286 Å². The molecule has 0 radical (unpaired) electrons. The quantitative estimate of drug-likeness (QED) is 0.153. The Morgan fingerprint density at radius 1 is 0.653 bits per heavy atom. The highest BCUT2D eigenvalue weighted by Gasteiger charge is 2.62. The third-order valence-electron chi connectivity index (χ3n) is 8.74. The largest absolute Gasteiger partial charge is 0.390 e. The molecule has 0 bridgehead atoms. The van der Waals surface area contributed by atoms with Gasteiger partial charge in [-0.1, -0.05) is 121 Å². The smallest absolute Gasteiger partial charge is 0.245 e. The van der Waals surface area contributed by atoms with Crippen molar-refractivity contribution in [1.29, 1.82) is 0 Å². The summed E-state index contributed by atoms with van der Waals surface area (Å²) >= 11 is 0. The fourth-order valence-electron chi connectivity index (χ4n) is 6.30. The summed E-state index contributed by atoms with van der Waals surface area (Å²) in [5.74, 6) is -1.52. The van der Waals surface area contributed by atoms with Crippen molar-refractivity contribution in [3.63, 3.8) is 0 Å². The van der Waals surface area contributed by atoms with E-state index in [4.69, 9.17) is 33.4 Å². The number of benzene rings is 4. The van der Waals surface area contributed by atoms with E-state index in [1.807, 2.05) is 121 Å². The predicted molar refractivity (Wildman–Crippen MR) is 180 cm³/mol. The number of hydrogen-bond acceptors (Lipinski definition) is 9. The normalized spacial score (nSPS) is 23.0. The van der Waals surface area contributed by atoms with Crippen molar-refractivity contribution < 1.29 is 33.5 Å². The van der Waals surface area contributed by atoms with Gasteiger partial charge in [-0.2, -0.15) is 0 Å². The first-order valence-corrected chi connectivity index (χ1v) is 16.6. The van der Waals surface area contributed by atoms with Crippen LogP contribution < -0.4 is 0 Å². The van der Waals surface area contributed by atoms with Crippen LogP contribution in [0.4, 0.5) is 0 Å². The van der Waals surface area contributed by atoms with E-state index in [1.165, 1.54) is 0 Å². The molecule has 5 aromatic rings. The second-order valence-electron chi connectivity index (χ2n) is 12.2. The van der Waals surface area contributed by atoms with E-state index in [0.717, 1.165) is 22.3 Å². The second-order valence-corrected chi connectivity index (χ2v) is 12.2. The summed E-state index contributed by atoms with van der Waals surface area (Å²) < 4.78 is 40.4. The lowest BCUT2D eigenvalue weighted by Gasteiger charge is -2.50. The average Bonchev–Trinajstić information content (AvgIpc) is 3.52. The van der Waals surface area contributed by atoms with Crippen LogP contribution in [0.5, 0.6) is 0 Å². The van der Waals surface area contributed by atoms with Gasteiger partial charge in [0.1, 0.15) is 30.1 Å². The molecular formula is C40H40N2O7. The third kappa shape index (κ3) is 7.79. The Balaban J connectivity index is 1.28. The number of rotatable bonds is 14. The van der Waals surface area contributed by atoms with Gasteiger partial charge in [0.25, 0.3) is 0 Å². The van der Waals surface area contributed by atoms with Crippen molar-refractivity contribution in [1.82, 2.24) is 9.97 Å². The van der Waals surface area contributed by atoms with Gasteiger partial charge in [0, 0.05) is 0 Å². The highest BCUT2D eigenvalue weighted by atomic mass is 16.7. The van der Waals surface area contributed by atoms with Crippen molar-refractivity contribution in [2.45, 2.75) is 69.8 Å². The number of ether oxygens (including phenoxy) is 6. The van der Waals surface area contributed by atoms with E-state index in [-0.39, 0.29) is 26.4 Å². The molecule has 9 heteroatoms. The molecule has 0 aliphatic carbocycles. The first-order chi connectivity index (χ1) is 24.2. The minimum absolute atomic E-state index is 0.151. The minimum Gasteiger partial charge on any atom is -0.390 e. The number of hydrogen-bond donors (Lipinski definition) is 1. The van der Waals surface area contributed by atoms with Gasteiger partial charge in [0.2, 0.25) is 5.79 Å². The minimum atomic E-state index is -1.52. The zero-order valence-corrected chi connectivity index (χ0v) is 27.2. The van der Waals surface area contributed by atoms with Crippen molar-refractivity contribution in [3.8, 4) is 0 Å². The third-order valence-corrected chi connectivity index (χ3v) is 8.74. The summed E-state index contributed by atoms with van der Waals surface area (Å²) in [7, 11) is 0. The first kappa shape index (κ1) is 33.2. The van der Waals surface area contributed by atoms with Crippen LogP contribution in [0, 0.1) is 0 Å². The fraction of sp³-hybridized carbons (Fsp3) is 0.300. The molecule has 0 unspecified atom stereocenters. The van der Waals surface area contributed by atoms with Gasteiger partial charge < -0.3 is 33.5 Å². The summed E-state index contributed by atoms with van der Waals surface area (Å²) in [6, 6.07) is 39.9. The highest BCUT2D eigenvalue weighted by Crippen LogP contribution is 2.48. The summed E-state index contributed by atoms with van der Waals surface area (Å²) in [6.07, 6.45) is -1.27. The van der Waals surface area contributed by atoms with Crippen LogP contribution in [0.2, 0.25) is 0 Å². The molecule has 1 aromatic heterocycles. The molecule has 7 rings (SSSR count). The van der Waals surface area contributed by atoms with Crippen molar-refractivity contribution in [2.24, 2.45) is 0 Å². The van der Waals surface area contributed by atoms with E-state index >= 15 is 0 Å². The Hall–Kier alpha value is -4.32. The molecule has 3 heterocycles. The number of fused-ring (bicyclic) bond motifs is 2. The molecule has 1 N–H and O–H groups in total. The lowest BCUT2D eigenvalue weighted by atomic mass is 9.89. The maximum absolute atomic E-state index is 10.1. The van der Waals surface area contributed by atoms with Crippen LogP contribution in [0.25, 0.3) is 0 Å². The molecule has 9 nitrogen and oxygen atoms in total. The molecule has 1 spiro atoms. The van der Waals surface area contributed by atoms with Crippen LogP contribution in [-0.4, -0.2) is 46.1 Å². The van der Waals surface area contributed by atoms with Crippen LogP contribution in [0.1, 0.15) is 39.3 Å². The Morgan fingerprint density at radius 2 is 1.16 bits per heavy atom. The predicted octanol–water partition coefficient (Wildman–Crippen LogP) is 6.02. The zero-order chi connectivity index (χ0) is 33.3. The molecule has 1 saturated heterocycles. The second kappa shape index (κ2) is 15.9. The van der Waals surface area contributed by atoms with Gasteiger partial charge >= 0.3 is 0 Å². The number of aromatic nitrogens is 2. The zero-order valence-electron chi connectivity index (χ0n) is 27.2. The van der Waals surface area contributed by atoms with E-state index < -0.39 is 30.2 Å². The molecule has 49 heavy (non-hydrogen) atoms. The summed E-state index contributed by atoms with van der Waals surface area (Å²) in [6.45, 7) is 1.30. The molecule has 0 amide bonds. The molecule has 1 fully saturated rings. The van der Waals surface area contributed by atoms with E-state index in [2.05, 4.69) is 4.98 Å². The maximum atomic E-state index is 10.1. The van der Waals surface area contributed by atoms with Crippen LogP contribution in [0.3, 0.4) is 0 Å². The van der Waals surface area contributed by atoms with Crippen molar-refractivity contribution in [2.75, 3.05) is 6.61 Å². The Kier molecular flexibility index (Phi) is 10.8. The SMILES string of the molecule is OCc1cnc2c(n1)[C@]1(OC2)O[C@H](COCc2ccccc2)[C@@H](OCc2ccccc2)[C@H](OCc2ccccc2)[C@H]1OCc1ccccc1. The molecule has 2 aliphatic heterocycles. The summed E-state index contributed by atoms with van der Waals surface area (Å²) in [5.41, 5.74) is 5.49. The number of nitrogens with zero attached hydrogens (tertiary/aromatic N) is 2. The lowest BCUT2D eigenvalue weighted by molar-refractivity contribution is -0.388. The topological polar surface area (TPSA) is 101 Å². The lowest BCUT2D eigenvalue weighted by Crippen LogP contribution is -2.65. The van der Waals surface area contributed by atoms with E-state index in [9.17, 15) is 5.11 Å². The molecule has 5 atom stereocenters. The molecule has 4 aromatic carbocycles. The van der Waals surface area contributed by atoms with Crippen molar-refractivity contribution in [3.05, 3.63) is 167 Å². The fourth-order valence-corrected chi connectivity index (χ4v) is 6.30. The number of aliphatic hydroxyl groups is 1. The highest BCUT2D eigenvalue weighted by molar-refractivity contribution is 5.27. The molecule has 2 aliphatic rings. The van der Waals surface area contributed by atoms with Crippen LogP contribution >= 0.6 is 0 Å². The van der Waals surface area contributed by atoms with Crippen LogP contribution in [-0.2, 0) is 73.8 Å². The Morgan fingerprint density at radius 3 is 1.71 bits per heavy atom. The van der Waals surface area contributed by atoms with Gasteiger partial charge in [-0.15, -0.1) is 0 Å². The Bertz CT molecular complexity index is 1750. The van der Waals surface area contributed by atoms with Gasteiger partial charge in [0.05, 0.1) is 63.8 Å². The van der Waals surface area contributed by atoms with Gasteiger partial charge in [0.15, 0.2) is 0 Å². The molecule has 0 saturated carbocycles. The molecular weight excluding hydrogens is 620 g/mol. The van der Waals surface area contributed by atoms with Gasteiger partial charge in [-0.05, 0) is 22.3 Å². The van der Waals surface area contributed by atoms with Crippen LogP contribution in [0.15, 0.2) is 128 Å². The standard InChI is InChI=1S/C40H40N2O7/c43-22-33-21-41-34-27-48-40(38(34)42-33)39(47-26-32-19-11-4-12-20-32)37(46-25-31-17-9-3-10-18-31)36(45-24-30-15-7-2-8-16-30)35(49-40)28-44-23-29-13-5-1-6-14-29/h1-21,35-37,39,43H,22-28H2/t35-,36-,37+,39-,40+/m1/s1.